The maximum atomic E-state index is 4.25. The molecule has 0 aromatic heterocycles. The minimum Gasteiger partial charge on any atom is -0.373 e. The molecule has 0 fully saturated rings. The molecule has 4 rings (SSSR count). The molecular formula is C13H10N4. The molecule has 2 aliphatic rings. The van der Waals surface area contributed by atoms with Gasteiger partial charge in [-0.25, -0.2) is 9.98 Å². The maximum absolute atomic E-state index is 4.25. The Morgan fingerprint density at radius 3 is 3.18 bits per heavy atom. The van der Waals surface area contributed by atoms with Crippen molar-refractivity contribution in [1.82, 2.24) is 5.32 Å². The number of aliphatic imine (C=N–C) groups is 1. The fourth-order valence-corrected chi connectivity index (χ4v) is 2.34. The number of hydrogen-bond donors (Lipinski definition) is 2. The summed E-state index contributed by atoms with van der Waals surface area (Å²) in [5.41, 5.74) is 2.12. The molecule has 82 valence electrons. The van der Waals surface area contributed by atoms with E-state index in [1.807, 2.05) is 6.20 Å². The van der Waals surface area contributed by atoms with E-state index in [9.17, 15) is 0 Å². The van der Waals surface area contributed by atoms with Crippen molar-refractivity contribution in [2.24, 2.45) is 9.98 Å². The Bertz CT molecular complexity index is 774. The quantitative estimate of drug-likeness (QED) is 0.694. The van der Waals surface area contributed by atoms with E-state index in [2.05, 4.69) is 44.9 Å². The molecule has 0 bridgehead atoms. The fraction of sp³-hybridized carbons (Fsp3) is 0.0769. The van der Waals surface area contributed by atoms with Gasteiger partial charge in [-0.15, -0.1) is 0 Å². The molecule has 4 heteroatoms. The Labute approximate surface area is 97.4 Å². The lowest BCUT2D eigenvalue weighted by Crippen LogP contribution is -2.28. The van der Waals surface area contributed by atoms with Crippen LogP contribution in [0.1, 0.15) is 0 Å². The third-order valence-electron chi connectivity index (χ3n) is 3.17. The van der Waals surface area contributed by atoms with Crippen molar-refractivity contribution in [2.75, 3.05) is 12.0 Å². The molecule has 0 amide bonds. The van der Waals surface area contributed by atoms with E-state index in [0.29, 0.717) is 0 Å². The standard InChI is InChI=1S/C13H10N4/c1-2-9-5-14-6-17-13(9)10-4-12-11(3-8(1)10)15-7-16-12/h1-5,7,14,17H,6H2. The van der Waals surface area contributed by atoms with Gasteiger partial charge < -0.3 is 10.6 Å². The van der Waals surface area contributed by atoms with Gasteiger partial charge in [0.1, 0.15) is 6.34 Å². The number of hydrogen-bond acceptors (Lipinski definition) is 4. The number of anilines is 1. The predicted molar refractivity (Wildman–Crippen MR) is 69.0 cm³/mol. The van der Waals surface area contributed by atoms with Crippen LogP contribution in [-0.2, 0) is 0 Å². The van der Waals surface area contributed by atoms with Gasteiger partial charge in [-0.2, -0.15) is 0 Å². The fourth-order valence-electron chi connectivity index (χ4n) is 2.34. The SMILES string of the molecule is C1=Nc2cc3c4c(ccc3cc2=N1)=CNCN4. The van der Waals surface area contributed by atoms with Crippen molar-refractivity contribution in [2.45, 2.75) is 0 Å². The Morgan fingerprint density at radius 2 is 2.18 bits per heavy atom. The van der Waals surface area contributed by atoms with Crippen LogP contribution in [0.4, 0.5) is 11.4 Å². The summed E-state index contributed by atoms with van der Waals surface area (Å²) in [5.74, 6) is 0. The summed E-state index contributed by atoms with van der Waals surface area (Å²) < 4.78 is 0. The molecular weight excluding hydrogens is 212 g/mol. The predicted octanol–water partition coefficient (Wildman–Crippen LogP) is 0.843. The number of nitrogens with one attached hydrogen (secondary N) is 2. The summed E-state index contributed by atoms with van der Waals surface area (Å²) in [6.45, 7) is 0.761. The molecule has 2 aliphatic heterocycles. The third-order valence-corrected chi connectivity index (χ3v) is 3.17. The van der Waals surface area contributed by atoms with Crippen LogP contribution in [0.25, 0.3) is 17.0 Å². The van der Waals surface area contributed by atoms with Crippen LogP contribution in [-0.4, -0.2) is 13.0 Å². The minimum absolute atomic E-state index is 0.761. The Balaban J connectivity index is 2.18. The van der Waals surface area contributed by atoms with Crippen molar-refractivity contribution in [3.05, 3.63) is 34.8 Å². The zero-order valence-corrected chi connectivity index (χ0v) is 9.07. The van der Waals surface area contributed by atoms with Gasteiger partial charge in [0.05, 0.1) is 23.4 Å². The van der Waals surface area contributed by atoms with Gasteiger partial charge in [-0.1, -0.05) is 12.1 Å². The molecule has 2 aromatic carbocycles. The first-order valence-corrected chi connectivity index (χ1v) is 5.56. The van der Waals surface area contributed by atoms with Gasteiger partial charge in [-0.05, 0) is 17.5 Å². The summed E-state index contributed by atoms with van der Waals surface area (Å²) in [5, 5.41) is 11.1. The lowest BCUT2D eigenvalue weighted by Gasteiger charge is -2.15. The average molecular weight is 222 g/mol. The van der Waals surface area contributed by atoms with E-state index < -0.39 is 0 Å². The van der Waals surface area contributed by atoms with Crippen LogP contribution in [0.15, 0.2) is 34.3 Å². The van der Waals surface area contributed by atoms with Gasteiger partial charge in [0.25, 0.3) is 0 Å². The van der Waals surface area contributed by atoms with Gasteiger partial charge in [0.15, 0.2) is 0 Å². The zero-order valence-electron chi connectivity index (χ0n) is 9.07. The summed E-state index contributed by atoms with van der Waals surface area (Å²) >= 11 is 0. The first-order chi connectivity index (χ1) is 8.42. The molecule has 0 saturated heterocycles. The number of benzene rings is 2. The molecule has 0 saturated carbocycles. The largest absolute Gasteiger partial charge is 0.373 e. The number of nitrogens with zero attached hydrogens (tertiary/aromatic N) is 2. The van der Waals surface area contributed by atoms with E-state index >= 15 is 0 Å². The summed E-state index contributed by atoms with van der Waals surface area (Å²) in [6, 6.07) is 8.41. The highest BCUT2D eigenvalue weighted by Crippen LogP contribution is 2.23. The molecule has 0 unspecified atom stereocenters. The summed E-state index contributed by atoms with van der Waals surface area (Å²) in [4.78, 5) is 8.48. The molecule has 2 N–H and O–H groups in total. The molecule has 2 aromatic rings. The highest BCUT2D eigenvalue weighted by atomic mass is 15.1. The van der Waals surface area contributed by atoms with E-state index in [0.717, 1.165) is 17.7 Å². The van der Waals surface area contributed by atoms with Crippen LogP contribution in [0, 0.1) is 0 Å². The van der Waals surface area contributed by atoms with Crippen LogP contribution in [0.3, 0.4) is 0 Å². The van der Waals surface area contributed by atoms with Gasteiger partial charge in [0, 0.05) is 16.8 Å². The summed E-state index contributed by atoms with van der Waals surface area (Å²) in [6.07, 6.45) is 3.64. The van der Waals surface area contributed by atoms with Crippen molar-refractivity contribution in [1.29, 1.82) is 0 Å². The zero-order chi connectivity index (χ0) is 11.2. The van der Waals surface area contributed by atoms with Crippen LogP contribution < -0.4 is 21.2 Å². The molecule has 4 nitrogen and oxygen atoms in total. The van der Waals surface area contributed by atoms with Crippen molar-refractivity contribution < 1.29 is 0 Å². The van der Waals surface area contributed by atoms with E-state index in [-0.39, 0.29) is 0 Å². The normalized spacial score (nSPS) is 15.3. The highest BCUT2D eigenvalue weighted by molar-refractivity contribution is 5.97. The molecule has 17 heavy (non-hydrogen) atoms. The van der Waals surface area contributed by atoms with Crippen molar-refractivity contribution in [3.8, 4) is 0 Å². The molecule has 0 atom stereocenters. The molecule has 0 aliphatic carbocycles. The van der Waals surface area contributed by atoms with Gasteiger partial charge >= 0.3 is 0 Å². The first-order valence-electron chi connectivity index (χ1n) is 5.56. The smallest absolute Gasteiger partial charge is 0.116 e. The van der Waals surface area contributed by atoms with Gasteiger partial charge in [-0.3, -0.25) is 0 Å². The Hall–Kier alpha value is -2.36. The van der Waals surface area contributed by atoms with E-state index in [1.165, 1.54) is 21.7 Å². The lowest BCUT2D eigenvalue weighted by atomic mass is 10.1. The third kappa shape index (κ3) is 1.18. The van der Waals surface area contributed by atoms with Crippen molar-refractivity contribution in [3.63, 3.8) is 0 Å². The Morgan fingerprint density at radius 1 is 1.18 bits per heavy atom. The number of fused-ring (bicyclic) bond motifs is 4. The maximum Gasteiger partial charge on any atom is 0.116 e. The topological polar surface area (TPSA) is 48.8 Å². The highest BCUT2D eigenvalue weighted by Gasteiger charge is 2.09. The van der Waals surface area contributed by atoms with Crippen LogP contribution in [0.5, 0.6) is 0 Å². The number of rotatable bonds is 0. The molecule has 0 radical (unpaired) electrons. The van der Waals surface area contributed by atoms with E-state index in [1.54, 1.807) is 6.34 Å². The minimum atomic E-state index is 0.761. The Kier molecular flexibility index (Phi) is 1.58. The van der Waals surface area contributed by atoms with Crippen molar-refractivity contribution >= 4 is 34.7 Å². The first kappa shape index (κ1) is 8.75. The van der Waals surface area contributed by atoms with Gasteiger partial charge in [0.2, 0.25) is 0 Å². The molecule has 0 spiro atoms. The average Bonchev–Trinajstić information content (AvgIpc) is 2.83. The lowest BCUT2D eigenvalue weighted by molar-refractivity contribution is 0.958. The van der Waals surface area contributed by atoms with Crippen LogP contribution >= 0.6 is 0 Å². The monoisotopic (exact) mass is 222 g/mol. The van der Waals surface area contributed by atoms with Crippen LogP contribution in [0.2, 0.25) is 0 Å². The second-order valence-corrected chi connectivity index (χ2v) is 4.17. The molecule has 2 heterocycles. The summed E-state index contributed by atoms with van der Waals surface area (Å²) in [7, 11) is 0. The second kappa shape index (κ2) is 3.07. The van der Waals surface area contributed by atoms with E-state index in [4.69, 9.17) is 0 Å². The second-order valence-electron chi connectivity index (χ2n) is 4.17.